The maximum absolute atomic E-state index is 12.1. The van der Waals surface area contributed by atoms with Gasteiger partial charge in [-0.2, -0.15) is 0 Å². The van der Waals surface area contributed by atoms with Gasteiger partial charge in [0, 0.05) is 12.6 Å². The van der Waals surface area contributed by atoms with Crippen LogP contribution in [-0.2, 0) is 0 Å². The van der Waals surface area contributed by atoms with Crippen molar-refractivity contribution < 1.29 is 9.72 Å². The molecule has 0 aromatic heterocycles. The Kier molecular flexibility index (Phi) is 7.58. The summed E-state index contributed by atoms with van der Waals surface area (Å²) in [6.07, 6.45) is 3.15. The lowest BCUT2D eigenvalue weighted by Crippen LogP contribution is -2.33. The monoisotopic (exact) mass is 347 g/mol. The Labute approximate surface area is 140 Å². The summed E-state index contributed by atoms with van der Waals surface area (Å²) in [7, 11) is 0. The number of halogens is 2. The molecule has 8 heteroatoms. The van der Waals surface area contributed by atoms with E-state index in [1.54, 1.807) is 0 Å². The molecule has 0 radical (unpaired) electrons. The maximum atomic E-state index is 12.1. The van der Waals surface area contributed by atoms with Gasteiger partial charge in [-0.25, -0.2) is 0 Å². The first-order valence-corrected chi connectivity index (χ1v) is 7.39. The first-order valence-electron chi connectivity index (χ1n) is 7.01. The molecule has 1 aliphatic heterocycles. The molecule has 1 fully saturated rings. The van der Waals surface area contributed by atoms with E-state index in [4.69, 9.17) is 11.6 Å². The van der Waals surface area contributed by atoms with E-state index in [0.717, 1.165) is 32.4 Å². The number of amides is 1. The van der Waals surface area contributed by atoms with Gasteiger partial charge < -0.3 is 10.6 Å². The van der Waals surface area contributed by atoms with Crippen molar-refractivity contribution in [2.45, 2.75) is 19.3 Å². The summed E-state index contributed by atoms with van der Waals surface area (Å²) >= 11 is 5.92. The second kappa shape index (κ2) is 8.92. The summed E-state index contributed by atoms with van der Waals surface area (Å²) < 4.78 is 0. The van der Waals surface area contributed by atoms with Crippen LogP contribution in [0.25, 0.3) is 0 Å². The van der Waals surface area contributed by atoms with Crippen molar-refractivity contribution in [3.8, 4) is 0 Å². The summed E-state index contributed by atoms with van der Waals surface area (Å²) in [4.78, 5) is 22.5. The number of nitro benzene ring substituents is 1. The molecule has 1 amide bonds. The van der Waals surface area contributed by atoms with Crippen LogP contribution in [0.4, 0.5) is 5.69 Å². The molecule has 1 aromatic rings. The van der Waals surface area contributed by atoms with Gasteiger partial charge in [0.1, 0.15) is 5.56 Å². The normalized spacial score (nSPS) is 17.4. The standard InChI is InChI=1S/C14H18ClN3O3.ClH/c15-11-4-1-5-12(18(20)21)13(11)14(19)17-8-6-10-3-2-7-16-9-10;/h1,4-5,10,16H,2-3,6-9H2,(H,17,19);1H. The molecule has 2 rings (SSSR count). The number of hydrogen-bond acceptors (Lipinski definition) is 4. The predicted molar refractivity (Wildman–Crippen MR) is 87.9 cm³/mol. The topological polar surface area (TPSA) is 84.3 Å². The lowest BCUT2D eigenvalue weighted by molar-refractivity contribution is -0.385. The Bertz CT molecular complexity index is 534. The molecule has 0 aliphatic carbocycles. The van der Waals surface area contributed by atoms with Gasteiger partial charge in [-0.15, -0.1) is 12.4 Å². The molecule has 0 saturated carbocycles. The van der Waals surface area contributed by atoms with Gasteiger partial charge >= 0.3 is 0 Å². The van der Waals surface area contributed by atoms with Gasteiger partial charge in [0.25, 0.3) is 11.6 Å². The number of rotatable bonds is 5. The molecule has 1 heterocycles. The van der Waals surface area contributed by atoms with Crippen molar-refractivity contribution in [2.24, 2.45) is 5.92 Å². The maximum Gasteiger partial charge on any atom is 0.283 e. The highest BCUT2D eigenvalue weighted by Crippen LogP contribution is 2.26. The molecule has 2 N–H and O–H groups in total. The van der Waals surface area contributed by atoms with Crippen LogP contribution in [0.15, 0.2) is 18.2 Å². The van der Waals surface area contributed by atoms with Crippen LogP contribution >= 0.6 is 24.0 Å². The quantitative estimate of drug-likeness (QED) is 0.633. The van der Waals surface area contributed by atoms with Crippen molar-refractivity contribution in [1.82, 2.24) is 10.6 Å². The van der Waals surface area contributed by atoms with Gasteiger partial charge in [-0.1, -0.05) is 17.7 Å². The number of nitrogens with zero attached hydrogens (tertiary/aromatic N) is 1. The first kappa shape index (κ1) is 18.7. The summed E-state index contributed by atoms with van der Waals surface area (Å²) in [5.41, 5.74) is -0.328. The van der Waals surface area contributed by atoms with Crippen LogP contribution in [0.1, 0.15) is 29.6 Å². The molecule has 1 unspecified atom stereocenters. The Morgan fingerprint density at radius 3 is 2.91 bits per heavy atom. The third-order valence-electron chi connectivity index (χ3n) is 3.65. The molecule has 1 aliphatic rings. The molecule has 1 aromatic carbocycles. The molecule has 6 nitrogen and oxygen atoms in total. The van der Waals surface area contributed by atoms with Crippen molar-refractivity contribution >= 4 is 35.6 Å². The molecule has 0 bridgehead atoms. The molecule has 22 heavy (non-hydrogen) atoms. The van der Waals surface area contributed by atoms with E-state index in [2.05, 4.69) is 10.6 Å². The number of carbonyl (C=O) groups is 1. The average Bonchev–Trinajstić information content (AvgIpc) is 2.47. The van der Waals surface area contributed by atoms with Gasteiger partial charge in [-0.3, -0.25) is 14.9 Å². The Hall–Kier alpha value is -1.37. The zero-order valence-electron chi connectivity index (χ0n) is 12.0. The fraction of sp³-hybridized carbons (Fsp3) is 0.500. The number of benzene rings is 1. The van der Waals surface area contributed by atoms with E-state index in [-0.39, 0.29) is 28.7 Å². The summed E-state index contributed by atoms with van der Waals surface area (Å²) in [6.45, 7) is 2.50. The van der Waals surface area contributed by atoms with Crippen molar-refractivity contribution in [3.05, 3.63) is 38.9 Å². The van der Waals surface area contributed by atoms with E-state index >= 15 is 0 Å². The van der Waals surface area contributed by atoms with Crippen molar-refractivity contribution in [2.75, 3.05) is 19.6 Å². The minimum Gasteiger partial charge on any atom is -0.352 e. The average molecular weight is 348 g/mol. The van der Waals surface area contributed by atoms with E-state index in [1.807, 2.05) is 0 Å². The Morgan fingerprint density at radius 2 is 2.27 bits per heavy atom. The van der Waals surface area contributed by atoms with Crippen molar-refractivity contribution in [1.29, 1.82) is 0 Å². The molecule has 1 saturated heterocycles. The zero-order chi connectivity index (χ0) is 15.2. The van der Waals surface area contributed by atoms with Crippen LogP contribution in [0.2, 0.25) is 5.02 Å². The number of piperidine rings is 1. The summed E-state index contributed by atoms with van der Waals surface area (Å²) in [5, 5.41) is 17.1. The predicted octanol–water partition coefficient (Wildman–Crippen LogP) is 2.79. The van der Waals surface area contributed by atoms with Crippen LogP contribution < -0.4 is 10.6 Å². The van der Waals surface area contributed by atoms with Crippen LogP contribution in [0, 0.1) is 16.0 Å². The number of carbonyl (C=O) groups excluding carboxylic acids is 1. The highest BCUT2D eigenvalue weighted by Gasteiger charge is 2.23. The van der Waals surface area contributed by atoms with Crippen LogP contribution in [0.5, 0.6) is 0 Å². The molecule has 1 atom stereocenters. The second-order valence-corrected chi connectivity index (χ2v) is 5.56. The highest BCUT2D eigenvalue weighted by molar-refractivity contribution is 6.34. The number of hydrogen-bond donors (Lipinski definition) is 2. The van der Waals surface area contributed by atoms with Gasteiger partial charge in [0.15, 0.2) is 0 Å². The minimum absolute atomic E-state index is 0. The van der Waals surface area contributed by atoms with Gasteiger partial charge in [-0.05, 0) is 44.3 Å². The Morgan fingerprint density at radius 1 is 1.50 bits per heavy atom. The highest BCUT2D eigenvalue weighted by atomic mass is 35.5. The fourth-order valence-electron chi connectivity index (χ4n) is 2.54. The van der Waals surface area contributed by atoms with Crippen LogP contribution in [-0.4, -0.2) is 30.5 Å². The number of nitro groups is 1. The van der Waals surface area contributed by atoms with Crippen LogP contribution in [0.3, 0.4) is 0 Å². The first-order chi connectivity index (χ1) is 10.1. The van der Waals surface area contributed by atoms with Gasteiger partial charge in [0.05, 0.1) is 9.95 Å². The van der Waals surface area contributed by atoms with E-state index in [9.17, 15) is 14.9 Å². The smallest absolute Gasteiger partial charge is 0.283 e. The SMILES string of the molecule is Cl.O=C(NCCC1CCCNC1)c1c(Cl)cccc1[N+](=O)[O-]. The second-order valence-electron chi connectivity index (χ2n) is 5.15. The van der Waals surface area contributed by atoms with E-state index in [0.29, 0.717) is 12.5 Å². The molecule has 0 spiro atoms. The van der Waals surface area contributed by atoms with Crippen molar-refractivity contribution in [3.63, 3.8) is 0 Å². The molecular formula is C14H19Cl2N3O3. The summed E-state index contributed by atoms with van der Waals surface area (Å²) in [5.74, 6) is 0.0522. The number of nitrogens with one attached hydrogen (secondary N) is 2. The third kappa shape index (κ3) is 4.83. The zero-order valence-corrected chi connectivity index (χ0v) is 13.6. The molecule has 122 valence electrons. The third-order valence-corrected chi connectivity index (χ3v) is 3.97. The van der Waals surface area contributed by atoms with E-state index in [1.165, 1.54) is 18.2 Å². The largest absolute Gasteiger partial charge is 0.352 e. The van der Waals surface area contributed by atoms with Gasteiger partial charge in [0.2, 0.25) is 0 Å². The Balaban J connectivity index is 0.00000242. The lowest BCUT2D eigenvalue weighted by atomic mass is 9.96. The van der Waals surface area contributed by atoms with E-state index < -0.39 is 10.8 Å². The molecular weight excluding hydrogens is 329 g/mol. The lowest BCUT2D eigenvalue weighted by Gasteiger charge is -2.22. The summed E-state index contributed by atoms with van der Waals surface area (Å²) in [6, 6.07) is 4.23. The fourth-order valence-corrected chi connectivity index (χ4v) is 2.79. The minimum atomic E-state index is -0.591.